The average Bonchev–Trinajstić information content (AvgIpc) is 2.92. The molecule has 34 heavy (non-hydrogen) atoms. The Hall–Kier alpha value is -2.78. The Morgan fingerprint density at radius 3 is 2.65 bits per heavy atom. The molecule has 0 amide bonds. The number of fused-ring (bicyclic) bond motifs is 2. The molecule has 2 aromatic carbocycles. The van der Waals surface area contributed by atoms with Crippen molar-refractivity contribution >= 4 is 32.2 Å². The maximum absolute atomic E-state index is 14.8. The number of anilines is 2. The zero-order valence-electron chi connectivity index (χ0n) is 19.0. The summed E-state index contributed by atoms with van der Waals surface area (Å²) in [5.74, 6) is -2.16. The Morgan fingerprint density at radius 1 is 1.15 bits per heavy atom. The molecule has 0 bridgehead atoms. The van der Waals surface area contributed by atoms with Crippen LogP contribution in [-0.4, -0.2) is 44.5 Å². The van der Waals surface area contributed by atoms with E-state index in [0.717, 1.165) is 22.2 Å². The van der Waals surface area contributed by atoms with Crippen molar-refractivity contribution in [1.29, 1.82) is 0 Å². The quantitative estimate of drug-likeness (QED) is 0.570. The molecule has 1 aromatic heterocycles. The van der Waals surface area contributed by atoms with Crippen molar-refractivity contribution in [3.63, 3.8) is 0 Å². The highest BCUT2D eigenvalue weighted by molar-refractivity contribution is 7.92. The summed E-state index contributed by atoms with van der Waals surface area (Å²) in [5.41, 5.74) is 8.70. The zero-order chi connectivity index (χ0) is 24.1. The monoisotopic (exact) mass is 486 g/mol. The average molecular weight is 487 g/mol. The predicted octanol–water partition coefficient (Wildman–Crippen LogP) is 3.83. The van der Waals surface area contributed by atoms with Crippen LogP contribution >= 0.6 is 0 Å². The van der Waals surface area contributed by atoms with Crippen LogP contribution in [0.1, 0.15) is 23.1 Å². The number of aryl methyl sites for hydroxylation is 1. The fourth-order valence-corrected chi connectivity index (χ4v) is 7.23. The highest BCUT2D eigenvalue weighted by Crippen LogP contribution is 2.39. The first-order valence-electron chi connectivity index (χ1n) is 11.4. The molecule has 2 aliphatic rings. The molecular formula is C25H28F2N4O2S. The summed E-state index contributed by atoms with van der Waals surface area (Å²) in [6, 6.07) is 14.5. The van der Waals surface area contributed by atoms with Crippen molar-refractivity contribution in [3.05, 3.63) is 65.2 Å². The molecule has 2 aliphatic heterocycles. The van der Waals surface area contributed by atoms with E-state index in [2.05, 4.69) is 5.32 Å². The number of rotatable bonds is 5. The van der Waals surface area contributed by atoms with Gasteiger partial charge in [0.2, 0.25) is 0 Å². The van der Waals surface area contributed by atoms with E-state index in [4.69, 9.17) is 10.7 Å². The summed E-state index contributed by atoms with van der Waals surface area (Å²) in [4.78, 5) is 6.69. The second kappa shape index (κ2) is 8.16. The van der Waals surface area contributed by atoms with E-state index in [1.165, 1.54) is 6.07 Å². The van der Waals surface area contributed by atoms with Gasteiger partial charge in [-0.25, -0.2) is 22.2 Å². The molecule has 3 heterocycles. The maximum Gasteiger partial charge on any atom is 0.275 e. The molecule has 0 atom stereocenters. The van der Waals surface area contributed by atoms with Crippen molar-refractivity contribution in [1.82, 2.24) is 4.98 Å². The SMILES string of the molecule is Cc1ccc2nc(N3CCC(F)(F)c4ccccc4C3)cc(NCC3(CN)CS(=O)(=O)C3)c2c1. The molecule has 3 aromatic rings. The first-order chi connectivity index (χ1) is 16.1. The van der Waals surface area contributed by atoms with Gasteiger partial charge in [0, 0.05) is 60.7 Å². The van der Waals surface area contributed by atoms with E-state index in [1.54, 1.807) is 18.2 Å². The molecule has 0 spiro atoms. The van der Waals surface area contributed by atoms with E-state index in [9.17, 15) is 17.2 Å². The predicted molar refractivity (Wildman–Crippen MR) is 131 cm³/mol. The molecular weight excluding hydrogens is 458 g/mol. The molecule has 0 saturated carbocycles. The molecule has 6 nitrogen and oxygen atoms in total. The second-order valence-electron chi connectivity index (χ2n) is 9.67. The standard InChI is InChI=1S/C25H28F2N4O2S/c1-17-6-7-21-19(10-17)22(29-14-24(13-28)15-34(32,33)16-24)11-23(30-21)31-9-8-25(26,27)20-5-3-2-4-18(20)12-31/h2-7,10-11H,8-9,12-16,28H2,1H3,(H,29,30). The van der Waals surface area contributed by atoms with Gasteiger partial charge in [-0.2, -0.15) is 0 Å². The molecule has 180 valence electrons. The molecule has 1 fully saturated rings. The van der Waals surface area contributed by atoms with E-state index in [1.807, 2.05) is 36.1 Å². The van der Waals surface area contributed by atoms with Crippen LogP contribution in [-0.2, 0) is 22.3 Å². The number of hydrogen-bond acceptors (Lipinski definition) is 6. The summed E-state index contributed by atoms with van der Waals surface area (Å²) in [5, 5.41) is 4.32. The van der Waals surface area contributed by atoms with Gasteiger partial charge in [0.1, 0.15) is 5.82 Å². The lowest BCUT2D eigenvalue weighted by Gasteiger charge is -2.40. The molecule has 0 aliphatic carbocycles. The van der Waals surface area contributed by atoms with Gasteiger partial charge in [0.05, 0.1) is 17.0 Å². The van der Waals surface area contributed by atoms with Crippen LogP contribution in [0.25, 0.3) is 10.9 Å². The molecule has 5 rings (SSSR count). The number of halogens is 2. The Morgan fingerprint density at radius 2 is 1.91 bits per heavy atom. The van der Waals surface area contributed by atoms with Crippen molar-refractivity contribution in [2.24, 2.45) is 11.1 Å². The van der Waals surface area contributed by atoms with Gasteiger partial charge < -0.3 is 16.0 Å². The Balaban J connectivity index is 1.51. The van der Waals surface area contributed by atoms with Crippen LogP contribution in [0.5, 0.6) is 0 Å². The number of alkyl halides is 2. The minimum Gasteiger partial charge on any atom is -0.384 e. The van der Waals surface area contributed by atoms with Crippen LogP contribution < -0.4 is 16.0 Å². The minimum absolute atomic E-state index is 0.0659. The summed E-state index contributed by atoms with van der Waals surface area (Å²) in [6.45, 7) is 3.17. The maximum atomic E-state index is 14.8. The van der Waals surface area contributed by atoms with Gasteiger partial charge in [-0.05, 0) is 24.6 Å². The Kier molecular flexibility index (Phi) is 5.52. The zero-order valence-corrected chi connectivity index (χ0v) is 19.8. The molecule has 0 radical (unpaired) electrons. The van der Waals surface area contributed by atoms with Crippen molar-refractivity contribution in [3.8, 4) is 0 Å². The second-order valence-corrected chi connectivity index (χ2v) is 11.7. The first-order valence-corrected chi connectivity index (χ1v) is 13.2. The van der Waals surface area contributed by atoms with Gasteiger partial charge in [0.25, 0.3) is 5.92 Å². The lowest BCUT2D eigenvalue weighted by molar-refractivity contribution is -0.00967. The molecule has 1 saturated heterocycles. The smallest absolute Gasteiger partial charge is 0.275 e. The number of aromatic nitrogens is 1. The fraction of sp³-hybridized carbons (Fsp3) is 0.400. The van der Waals surface area contributed by atoms with Gasteiger partial charge in [-0.15, -0.1) is 0 Å². The topological polar surface area (TPSA) is 88.3 Å². The number of pyridine rings is 1. The van der Waals surface area contributed by atoms with Crippen LogP contribution in [0, 0.1) is 12.3 Å². The number of nitrogens with one attached hydrogen (secondary N) is 1. The third-order valence-corrected chi connectivity index (χ3v) is 8.99. The van der Waals surface area contributed by atoms with Crippen molar-refractivity contribution in [2.45, 2.75) is 25.8 Å². The van der Waals surface area contributed by atoms with Gasteiger partial charge in [0.15, 0.2) is 9.84 Å². The van der Waals surface area contributed by atoms with Crippen molar-refractivity contribution < 1.29 is 17.2 Å². The van der Waals surface area contributed by atoms with Crippen LogP contribution in [0.2, 0.25) is 0 Å². The third kappa shape index (κ3) is 4.22. The normalized spacial score (nSPS) is 20.3. The lowest BCUT2D eigenvalue weighted by Crippen LogP contribution is -2.56. The highest BCUT2D eigenvalue weighted by atomic mass is 32.2. The van der Waals surface area contributed by atoms with E-state index >= 15 is 0 Å². The third-order valence-electron chi connectivity index (χ3n) is 6.88. The summed E-state index contributed by atoms with van der Waals surface area (Å²) in [6.07, 6.45) is -0.297. The number of nitrogens with two attached hydrogens (primary N) is 1. The summed E-state index contributed by atoms with van der Waals surface area (Å²) >= 11 is 0. The van der Waals surface area contributed by atoms with E-state index in [0.29, 0.717) is 24.5 Å². The van der Waals surface area contributed by atoms with Crippen molar-refractivity contribution in [2.75, 3.05) is 41.4 Å². The number of sulfone groups is 1. The first kappa shape index (κ1) is 23.0. The molecule has 3 N–H and O–H groups in total. The number of nitrogens with zero attached hydrogens (tertiary/aromatic N) is 2. The lowest BCUT2D eigenvalue weighted by atomic mass is 9.92. The van der Waals surface area contributed by atoms with Gasteiger partial charge in [-0.3, -0.25) is 0 Å². The summed E-state index contributed by atoms with van der Waals surface area (Å²) in [7, 11) is -3.04. The molecule has 0 unspecified atom stereocenters. The van der Waals surface area contributed by atoms with Crippen LogP contribution in [0.3, 0.4) is 0 Å². The van der Waals surface area contributed by atoms with E-state index in [-0.39, 0.29) is 36.6 Å². The number of hydrogen-bond donors (Lipinski definition) is 2. The Bertz CT molecular complexity index is 1350. The fourth-order valence-electron chi connectivity index (χ4n) is 5.00. The largest absolute Gasteiger partial charge is 0.384 e. The van der Waals surface area contributed by atoms with E-state index < -0.39 is 21.2 Å². The molecule has 9 heteroatoms. The number of benzene rings is 2. The van der Waals surface area contributed by atoms with Gasteiger partial charge in [-0.1, -0.05) is 35.9 Å². The van der Waals surface area contributed by atoms with Crippen LogP contribution in [0.4, 0.5) is 20.3 Å². The van der Waals surface area contributed by atoms with Gasteiger partial charge >= 0.3 is 0 Å². The Labute approximate surface area is 198 Å². The highest BCUT2D eigenvalue weighted by Gasteiger charge is 2.47. The summed E-state index contributed by atoms with van der Waals surface area (Å²) < 4.78 is 53.2. The van der Waals surface area contributed by atoms with Crippen LogP contribution in [0.15, 0.2) is 48.5 Å². The minimum atomic E-state index is -3.04.